The van der Waals surface area contributed by atoms with Crippen molar-refractivity contribution in [1.82, 2.24) is 4.90 Å². The van der Waals surface area contributed by atoms with E-state index in [1.165, 1.54) is 0 Å². The van der Waals surface area contributed by atoms with Gasteiger partial charge in [0.15, 0.2) is 0 Å². The summed E-state index contributed by atoms with van der Waals surface area (Å²) in [6, 6.07) is 16.9. The Balaban J connectivity index is 2.05. The summed E-state index contributed by atoms with van der Waals surface area (Å²) in [5.41, 5.74) is 2.67. The van der Waals surface area contributed by atoms with Gasteiger partial charge in [-0.2, -0.15) is 5.26 Å². The first-order valence-electron chi connectivity index (χ1n) is 8.25. The number of rotatable bonds is 6. The van der Waals surface area contributed by atoms with Crippen LogP contribution in [0.15, 0.2) is 48.5 Å². The number of nitrogens with zero attached hydrogens (tertiary/aromatic N) is 2. The number of nitriles is 1. The minimum absolute atomic E-state index is 0.301. The molecule has 2 aromatic rings. The van der Waals surface area contributed by atoms with Crippen LogP contribution >= 0.6 is 0 Å². The molecule has 4 heteroatoms. The van der Waals surface area contributed by atoms with Gasteiger partial charge in [0.05, 0.1) is 11.6 Å². The normalized spacial score (nSPS) is 10.0. The van der Waals surface area contributed by atoms with Crippen molar-refractivity contribution in [3.8, 4) is 22.9 Å². The second-order valence-electron chi connectivity index (χ2n) is 5.57. The Morgan fingerprint density at radius 3 is 1.92 bits per heavy atom. The third-order valence-electron chi connectivity index (χ3n) is 3.65. The summed E-state index contributed by atoms with van der Waals surface area (Å²) in [4.78, 5) is 13.9. The second-order valence-corrected chi connectivity index (χ2v) is 5.57. The number of carbonyl (C=O) groups excluding carboxylic acids is 1. The highest BCUT2D eigenvalue weighted by Crippen LogP contribution is 2.23. The largest absolute Gasteiger partial charge is 0.415 e. The molecule has 4 nitrogen and oxygen atoms in total. The summed E-state index contributed by atoms with van der Waals surface area (Å²) in [5, 5.41) is 8.84. The smallest absolute Gasteiger partial charge is 0.410 e. The number of ether oxygens (including phenoxy) is 1. The highest BCUT2D eigenvalue weighted by Gasteiger charge is 2.14. The molecular weight excluding hydrogens is 300 g/mol. The monoisotopic (exact) mass is 322 g/mol. The van der Waals surface area contributed by atoms with Crippen molar-refractivity contribution in [2.75, 3.05) is 13.1 Å². The average molecular weight is 322 g/mol. The molecule has 2 rings (SSSR count). The molecule has 124 valence electrons. The molecule has 0 N–H and O–H groups in total. The molecule has 24 heavy (non-hydrogen) atoms. The first-order chi connectivity index (χ1) is 11.7. The van der Waals surface area contributed by atoms with Gasteiger partial charge >= 0.3 is 6.09 Å². The van der Waals surface area contributed by atoms with Gasteiger partial charge in [-0.15, -0.1) is 0 Å². The molecule has 0 aliphatic heterocycles. The number of amides is 1. The van der Waals surface area contributed by atoms with Crippen molar-refractivity contribution in [3.63, 3.8) is 0 Å². The van der Waals surface area contributed by atoms with Gasteiger partial charge in [0.2, 0.25) is 0 Å². The molecule has 0 atom stereocenters. The topological polar surface area (TPSA) is 53.3 Å². The van der Waals surface area contributed by atoms with E-state index in [1.54, 1.807) is 29.2 Å². The van der Waals surface area contributed by atoms with Gasteiger partial charge in [-0.05, 0) is 48.2 Å². The predicted molar refractivity (Wildman–Crippen MR) is 94.8 cm³/mol. The summed E-state index contributed by atoms with van der Waals surface area (Å²) in [5.74, 6) is 0.537. The molecule has 0 heterocycles. The van der Waals surface area contributed by atoms with E-state index in [2.05, 4.69) is 6.07 Å². The number of hydrogen-bond donors (Lipinski definition) is 0. The molecule has 0 unspecified atom stereocenters. The van der Waals surface area contributed by atoms with Gasteiger partial charge in [-0.3, -0.25) is 0 Å². The second kappa shape index (κ2) is 8.73. The SMILES string of the molecule is CCCN(CCC)C(=O)Oc1ccc(-c2ccc(C#N)cc2)cc1. The molecule has 0 saturated heterocycles. The minimum Gasteiger partial charge on any atom is -0.410 e. The maximum absolute atomic E-state index is 12.2. The number of benzene rings is 2. The summed E-state index contributed by atoms with van der Waals surface area (Å²) >= 11 is 0. The van der Waals surface area contributed by atoms with Gasteiger partial charge in [-0.25, -0.2) is 4.79 Å². The Labute approximate surface area is 143 Å². The highest BCUT2D eigenvalue weighted by molar-refractivity contribution is 5.71. The fourth-order valence-electron chi connectivity index (χ4n) is 2.45. The summed E-state index contributed by atoms with van der Waals surface area (Å²) in [6.07, 6.45) is 1.52. The van der Waals surface area contributed by atoms with E-state index in [0.29, 0.717) is 24.4 Å². The zero-order valence-electron chi connectivity index (χ0n) is 14.2. The minimum atomic E-state index is -0.301. The molecular formula is C20H22N2O2. The zero-order chi connectivity index (χ0) is 17.4. The van der Waals surface area contributed by atoms with Crippen LogP contribution in [-0.4, -0.2) is 24.1 Å². The molecule has 0 bridgehead atoms. The fraction of sp³-hybridized carbons (Fsp3) is 0.300. The molecule has 1 amide bonds. The van der Waals surface area contributed by atoms with Crippen LogP contribution < -0.4 is 4.74 Å². The molecule has 0 fully saturated rings. The lowest BCUT2D eigenvalue weighted by Gasteiger charge is -2.20. The lowest BCUT2D eigenvalue weighted by molar-refractivity contribution is 0.152. The van der Waals surface area contributed by atoms with E-state index in [-0.39, 0.29) is 6.09 Å². The summed E-state index contributed by atoms with van der Waals surface area (Å²) in [6.45, 7) is 5.50. The van der Waals surface area contributed by atoms with Crippen LogP contribution in [0, 0.1) is 11.3 Å². The Morgan fingerprint density at radius 2 is 1.46 bits per heavy atom. The Kier molecular flexibility index (Phi) is 6.39. The molecule has 0 spiro atoms. The molecule has 2 aromatic carbocycles. The Hall–Kier alpha value is -2.80. The third-order valence-corrected chi connectivity index (χ3v) is 3.65. The van der Waals surface area contributed by atoms with E-state index in [0.717, 1.165) is 24.0 Å². The first kappa shape index (κ1) is 17.6. The zero-order valence-corrected chi connectivity index (χ0v) is 14.2. The predicted octanol–water partition coefficient (Wildman–Crippen LogP) is 4.85. The molecule has 0 aliphatic rings. The van der Waals surface area contributed by atoms with Crippen molar-refractivity contribution in [1.29, 1.82) is 5.26 Å². The number of hydrogen-bond acceptors (Lipinski definition) is 3. The molecule has 0 saturated carbocycles. The van der Waals surface area contributed by atoms with Gasteiger partial charge < -0.3 is 9.64 Å². The van der Waals surface area contributed by atoms with E-state index < -0.39 is 0 Å². The number of carbonyl (C=O) groups is 1. The van der Waals surface area contributed by atoms with Gasteiger partial charge in [0.1, 0.15) is 5.75 Å². The van der Waals surface area contributed by atoms with E-state index in [1.807, 2.05) is 38.1 Å². The van der Waals surface area contributed by atoms with Crippen LogP contribution in [0.5, 0.6) is 5.75 Å². The standard InChI is InChI=1S/C20H22N2O2/c1-3-13-22(14-4-2)20(23)24-19-11-9-18(10-12-19)17-7-5-16(15-21)6-8-17/h5-12H,3-4,13-14H2,1-2H3. The van der Waals surface area contributed by atoms with Gasteiger partial charge in [0, 0.05) is 13.1 Å². The van der Waals surface area contributed by atoms with Crippen LogP contribution in [0.4, 0.5) is 4.79 Å². The molecule has 0 aliphatic carbocycles. The average Bonchev–Trinajstić information content (AvgIpc) is 2.62. The van der Waals surface area contributed by atoms with Gasteiger partial charge in [-0.1, -0.05) is 38.1 Å². The van der Waals surface area contributed by atoms with Crippen LogP contribution in [0.1, 0.15) is 32.3 Å². The van der Waals surface area contributed by atoms with Gasteiger partial charge in [0.25, 0.3) is 0 Å². The third kappa shape index (κ3) is 4.60. The van der Waals surface area contributed by atoms with Crippen molar-refractivity contribution >= 4 is 6.09 Å². The van der Waals surface area contributed by atoms with Crippen LogP contribution in [0.3, 0.4) is 0 Å². The van der Waals surface area contributed by atoms with Crippen molar-refractivity contribution < 1.29 is 9.53 Å². The molecule has 0 radical (unpaired) electrons. The maximum atomic E-state index is 12.2. The van der Waals surface area contributed by atoms with Crippen molar-refractivity contribution in [3.05, 3.63) is 54.1 Å². The maximum Gasteiger partial charge on any atom is 0.415 e. The Bertz CT molecular complexity index is 694. The van der Waals surface area contributed by atoms with E-state index in [4.69, 9.17) is 10.00 Å². The van der Waals surface area contributed by atoms with Crippen molar-refractivity contribution in [2.24, 2.45) is 0 Å². The fourth-order valence-corrected chi connectivity index (χ4v) is 2.45. The summed E-state index contributed by atoms with van der Waals surface area (Å²) in [7, 11) is 0. The van der Waals surface area contributed by atoms with E-state index in [9.17, 15) is 4.79 Å². The van der Waals surface area contributed by atoms with Crippen LogP contribution in [0.25, 0.3) is 11.1 Å². The Morgan fingerprint density at radius 1 is 0.958 bits per heavy atom. The van der Waals surface area contributed by atoms with Crippen LogP contribution in [-0.2, 0) is 0 Å². The highest BCUT2D eigenvalue weighted by atomic mass is 16.6. The lowest BCUT2D eigenvalue weighted by atomic mass is 10.0. The lowest BCUT2D eigenvalue weighted by Crippen LogP contribution is -2.34. The van der Waals surface area contributed by atoms with E-state index >= 15 is 0 Å². The molecule has 0 aromatic heterocycles. The summed E-state index contributed by atoms with van der Waals surface area (Å²) < 4.78 is 5.45. The van der Waals surface area contributed by atoms with Crippen LogP contribution in [0.2, 0.25) is 0 Å². The quantitative estimate of drug-likeness (QED) is 0.764. The van der Waals surface area contributed by atoms with Crippen molar-refractivity contribution in [2.45, 2.75) is 26.7 Å². The first-order valence-corrected chi connectivity index (χ1v) is 8.25.